The highest BCUT2D eigenvalue weighted by molar-refractivity contribution is 5.81. The normalized spacial score (nSPS) is 7.76. The third-order valence-electron chi connectivity index (χ3n) is 5.77. The van der Waals surface area contributed by atoms with Crippen molar-refractivity contribution in [3.63, 3.8) is 0 Å². The van der Waals surface area contributed by atoms with E-state index in [0.717, 1.165) is 40.0 Å². The fourth-order valence-electron chi connectivity index (χ4n) is 3.37. The maximum atomic E-state index is 10.4. The highest BCUT2D eigenvalue weighted by atomic mass is 16.6. The smallest absolute Gasteiger partial charge is 0.330 e. The van der Waals surface area contributed by atoms with Crippen molar-refractivity contribution in [1.82, 2.24) is 0 Å². The average molecular weight is 725 g/mol. The summed E-state index contributed by atoms with van der Waals surface area (Å²) in [7, 11) is 0. The molecule has 5 aromatic rings. The first-order chi connectivity index (χ1) is 25.9. The fourth-order valence-corrected chi connectivity index (χ4v) is 3.37. The van der Waals surface area contributed by atoms with Gasteiger partial charge >= 0.3 is 11.9 Å². The van der Waals surface area contributed by atoms with Crippen LogP contribution >= 0.6 is 0 Å². The lowest BCUT2D eigenvalue weighted by Crippen LogP contribution is -2.10. The van der Waals surface area contributed by atoms with Gasteiger partial charge in [0, 0.05) is 40.0 Å². The van der Waals surface area contributed by atoms with E-state index in [9.17, 15) is 9.59 Å². The molecule has 0 aromatic heterocycles. The van der Waals surface area contributed by atoms with Crippen LogP contribution in [-0.4, -0.2) is 25.2 Å². The van der Waals surface area contributed by atoms with Crippen LogP contribution in [0.15, 0.2) is 177 Å². The lowest BCUT2D eigenvalue weighted by molar-refractivity contribution is -0.146. The van der Waals surface area contributed by atoms with E-state index in [2.05, 4.69) is 76.4 Å². The predicted octanol–water partition coefficient (Wildman–Crippen LogP) is 10.2. The second kappa shape index (κ2) is 34.8. The largest absolute Gasteiger partial charge is 0.459 e. The molecule has 276 valence electrons. The molecule has 5 aromatic carbocycles. The second-order valence-electron chi connectivity index (χ2n) is 9.76. The maximum absolute atomic E-state index is 10.4. The molecule has 0 aliphatic heterocycles. The zero-order valence-electron chi connectivity index (χ0n) is 29.7. The summed E-state index contributed by atoms with van der Waals surface area (Å²) in [5, 5.41) is 0. The molecular formula is C51H48O4. The molecule has 0 bridgehead atoms. The van der Waals surface area contributed by atoms with Crippen molar-refractivity contribution in [2.75, 3.05) is 13.2 Å². The number of rotatable bonds is 5. The van der Waals surface area contributed by atoms with E-state index in [-0.39, 0.29) is 28.1 Å². The van der Waals surface area contributed by atoms with Gasteiger partial charge in [0.15, 0.2) is 0 Å². The van der Waals surface area contributed by atoms with Gasteiger partial charge in [0.2, 0.25) is 0 Å². The van der Waals surface area contributed by atoms with Crippen molar-refractivity contribution in [3.8, 4) is 60.2 Å². The molecule has 0 N–H and O–H groups in total. The Morgan fingerprint density at radius 1 is 0.491 bits per heavy atom. The van der Waals surface area contributed by atoms with Crippen LogP contribution in [0.25, 0.3) is 0 Å². The minimum Gasteiger partial charge on any atom is -0.459 e. The molecule has 0 amide bonds. The van der Waals surface area contributed by atoms with Gasteiger partial charge in [-0.1, -0.05) is 149 Å². The van der Waals surface area contributed by atoms with Crippen LogP contribution in [0.2, 0.25) is 0 Å². The average Bonchev–Trinajstić information content (AvgIpc) is 3.23. The molecular weight excluding hydrogens is 677 g/mol. The molecule has 0 aliphatic carbocycles. The van der Waals surface area contributed by atoms with Crippen LogP contribution < -0.4 is 0 Å². The minimum absolute atomic E-state index is 0. The summed E-state index contributed by atoms with van der Waals surface area (Å²) in [4.78, 5) is 20.9. The van der Waals surface area contributed by atoms with E-state index in [1.807, 2.05) is 152 Å². The Bertz CT molecular complexity index is 1930. The summed E-state index contributed by atoms with van der Waals surface area (Å²) in [6.45, 7) is 8.10. The van der Waals surface area contributed by atoms with Gasteiger partial charge in [0.05, 0.1) is 0 Å². The maximum Gasteiger partial charge on any atom is 0.330 e. The Hall–Kier alpha value is -7.68. The SMILES string of the molecule is C.C.C#CC.C#Cc1ccccc1.C(#Cc1ccccc1)c1ccccc1.C(C#Cc1ccccc1)#Cc1ccccc1.C=CC(=O)OCCOC(=O)C=C. The van der Waals surface area contributed by atoms with Gasteiger partial charge in [-0.2, -0.15) is 0 Å². The Labute approximate surface area is 330 Å². The van der Waals surface area contributed by atoms with E-state index < -0.39 is 11.9 Å². The van der Waals surface area contributed by atoms with Crippen molar-refractivity contribution in [2.45, 2.75) is 21.8 Å². The molecule has 4 heteroatoms. The lowest BCUT2D eigenvalue weighted by atomic mass is 10.2. The van der Waals surface area contributed by atoms with Gasteiger partial charge in [0.25, 0.3) is 0 Å². The van der Waals surface area contributed by atoms with Gasteiger partial charge in [-0.05, 0) is 79.4 Å². The Kier molecular flexibility index (Phi) is 31.2. The fraction of sp³-hybridized carbons (Fsp3) is 0.0980. The molecule has 5 rings (SSSR count). The van der Waals surface area contributed by atoms with E-state index in [4.69, 9.17) is 6.42 Å². The van der Waals surface area contributed by atoms with Crippen LogP contribution in [0.5, 0.6) is 0 Å². The van der Waals surface area contributed by atoms with Crippen molar-refractivity contribution in [1.29, 1.82) is 0 Å². The zero-order chi connectivity index (χ0) is 38.6. The summed E-state index contributed by atoms with van der Waals surface area (Å²) in [5.74, 6) is 21.6. The van der Waals surface area contributed by atoms with Crippen molar-refractivity contribution in [2.24, 2.45) is 0 Å². The summed E-state index contributed by atoms with van der Waals surface area (Å²) in [6, 6.07) is 49.3. The van der Waals surface area contributed by atoms with Gasteiger partial charge in [-0.15, -0.1) is 18.8 Å². The number of esters is 2. The molecule has 0 unspecified atom stereocenters. The van der Waals surface area contributed by atoms with Crippen LogP contribution in [0.1, 0.15) is 49.6 Å². The van der Waals surface area contributed by atoms with Crippen LogP contribution in [-0.2, 0) is 19.1 Å². The number of carbonyl (C=O) groups excluding carboxylic acids is 2. The first-order valence-corrected chi connectivity index (χ1v) is 16.2. The molecule has 0 fully saturated rings. The summed E-state index contributed by atoms with van der Waals surface area (Å²) >= 11 is 0. The second-order valence-corrected chi connectivity index (χ2v) is 9.76. The lowest BCUT2D eigenvalue weighted by Gasteiger charge is -2.01. The van der Waals surface area contributed by atoms with E-state index >= 15 is 0 Å². The van der Waals surface area contributed by atoms with E-state index in [1.54, 1.807) is 6.92 Å². The zero-order valence-corrected chi connectivity index (χ0v) is 29.7. The first kappa shape index (κ1) is 49.4. The molecule has 0 aliphatic rings. The summed E-state index contributed by atoms with van der Waals surface area (Å²) in [6.07, 6.45) is 11.8. The van der Waals surface area contributed by atoms with Crippen LogP contribution in [0.3, 0.4) is 0 Å². The third kappa shape index (κ3) is 27.7. The molecule has 0 saturated heterocycles. The Morgan fingerprint density at radius 2 is 0.727 bits per heavy atom. The van der Waals surface area contributed by atoms with Gasteiger partial charge in [-0.25, -0.2) is 9.59 Å². The van der Waals surface area contributed by atoms with Crippen molar-refractivity contribution >= 4 is 11.9 Å². The molecule has 0 atom stereocenters. The topological polar surface area (TPSA) is 52.6 Å². The molecule has 0 radical (unpaired) electrons. The molecule has 55 heavy (non-hydrogen) atoms. The molecule has 0 saturated carbocycles. The number of carbonyl (C=O) groups is 2. The summed E-state index contributed by atoms with van der Waals surface area (Å²) < 4.78 is 9.04. The van der Waals surface area contributed by atoms with Gasteiger partial charge < -0.3 is 9.47 Å². The van der Waals surface area contributed by atoms with Crippen molar-refractivity contribution < 1.29 is 19.1 Å². The number of terminal acetylenes is 2. The van der Waals surface area contributed by atoms with Crippen molar-refractivity contribution in [3.05, 3.63) is 205 Å². The number of hydrogen-bond donors (Lipinski definition) is 0. The third-order valence-corrected chi connectivity index (χ3v) is 5.77. The highest BCUT2D eigenvalue weighted by Crippen LogP contribution is 1.99. The molecule has 0 heterocycles. The minimum atomic E-state index is -0.537. The molecule has 0 spiro atoms. The monoisotopic (exact) mass is 724 g/mol. The highest BCUT2D eigenvalue weighted by Gasteiger charge is 1.97. The number of benzene rings is 5. The van der Waals surface area contributed by atoms with E-state index in [0.29, 0.717) is 0 Å². The standard InChI is InChI=1S/C16H10.C14H10.C8H10O4.C8H6.C3H4.2CH4/c1-3-9-15(10-4-1)13-7-8-14-16-11-5-2-6-12-16;1-3-7-13(8-4-1)11-12-14-9-5-2-6-10-14;1-3-7(9)11-5-6-12-8(10)4-2;1-2-8-6-4-3-5-7-8;1-3-2;;/h1-6,9-12H;1-10H;3-4H,1-2,5-6H2;1,3-7H;1H,2H3;2*1H4. The van der Waals surface area contributed by atoms with Gasteiger partial charge in [-0.3, -0.25) is 0 Å². The van der Waals surface area contributed by atoms with Crippen LogP contribution in [0, 0.1) is 60.2 Å². The Morgan fingerprint density at radius 3 is 0.945 bits per heavy atom. The molecule has 4 nitrogen and oxygen atoms in total. The first-order valence-electron chi connectivity index (χ1n) is 16.2. The quantitative estimate of drug-likeness (QED) is 0.0784. The van der Waals surface area contributed by atoms with Crippen LogP contribution in [0.4, 0.5) is 0 Å². The predicted molar refractivity (Wildman–Crippen MR) is 230 cm³/mol. The van der Waals surface area contributed by atoms with Gasteiger partial charge in [0.1, 0.15) is 13.2 Å². The number of hydrogen-bond acceptors (Lipinski definition) is 4. The van der Waals surface area contributed by atoms with E-state index in [1.165, 1.54) is 0 Å². The Balaban J connectivity index is 0. The summed E-state index contributed by atoms with van der Waals surface area (Å²) in [5.41, 5.74) is 5.02. The number of ether oxygens (including phenoxy) is 2.